The molecule has 1 aromatic carbocycles. The van der Waals surface area contributed by atoms with Crippen LogP contribution in [0.1, 0.15) is 5.56 Å². The molecule has 0 bridgehead atoms. The zero-order chi connectivity index (χ0) is 14.8. The maximum absolute atomic E-state index is 12.1. The largest absolute Gasteiger partial charge is 0.361 e. The lowest BCUT2D eigenvalue weighted by Gasteiger charge is -2.04. The number of aromatic nitrogens is 3. The molecule has 3 rings (SSSR count). The van der Waals surface area contributed by atoms with Crippen molar-refractivity contribution in [3.8, 4) is 0 Å². The number of amides is 1. The number of aromatic amines is 1. The van der Waals surface area contributed by atoms with Gasteiger partial charge < -0.3 is 10.3 Å². The van der Waals surface area contributed by atoms with Crippen LogP contribution in [-0.4, -0.2) is 20.9 Å². The highest BCUT2D eigenvalue weighted by Gasteiger charge is 2.10. The van der Waals surface area contributed by atoms with Crippen molar-refractivity contribution in [2.45, 2.75) is 6.42 Å². The Morgan fingerprint density at radius 2 is 2.05 bits per heavy atom. The van der Waals surface area contributed by atoms with Gasteiger partial charge in [-0.05, 0) is 23.2 Å². The van der Waals surface area contributed by atoms with Crippen LogP contribution in [0.4, 0.5) is 5.82 Å². The molecule has 2 heterocycles. The van der Waals surface area contributed by atoms with Gasteiger partial charge >= 0.3 is 0 Å². The zero-order valence-electron chi connectivity index (χ0n) is 10.7. The van der Waals surface area contributed by atoms with Gasteiger partial charge in [0.05, 0.1) is 6.42 Å². The molecule has 0 atom stereocenters. The molecule has 21 heavy (non-hydrogen) atoms. The van der Waals surface area contributed by atoms with Crippen LogP contribution in [0.2, 0.25) is 10.4 Å². The Kier molecular flexibility index (Phi) is 3.77. The number of para-hydroxylation sites is 1. The number of hydrogen-bond acceptors (Lipinski definition) is 3. The molecule has 2 aromatic heterocycles. The summed E-state index contributed by atoms with van der Waals surface area (Å²) < 4.78 is 0. The summed E-state index contributed by atoms with van der Waals surface area (Å²) >= 11 is 11.5. The fourth-order valence-electron chi connectivity index (χ4n) is 2.09. The van der Waals surface area contributed by atoms with Crippen LogP contribution >= 0.6 is 23.2 Å². The Labute approximate surface area is 130 Å². The zero-order valence-corrected chi connectivity index (χ0v) is 12.2. The second kappa shape index (κ2) is 5.71. The van der Waals surface area contributed by atoms with E-state index in [1.54, 1.807) is 0 Å². The summed E-state index contributed by atoms with van der Waals surface area (Å²) in [5.41, 5.74) is 1.91. The molecule has 0 saturated heterocycles. The van der Waals surface area contributed by atoms with E-state index in [0.29, 0.717) is 0 Å². The van der Waals surface area contributed by atoms with Gasteiger partial charge in [-0.1, -0.05) is 29.8 Å². The highest BCUT2D eigenvalue weighted by Crippen LogP contribution is 2.19. The van der Waals surface area contributed by atoms with Crippen LogP contribution in [0.15, 0.2) is 36.5 Å². The van der Waals surface area contributed by atoms with E-state index >= 15 is 0 Å². The molecule has 0 aliphatic carbocycles. The van der Waals surface area contributed by atoms with Gasteiger partial charge in [0.15, 0.2) is 0 Å². The molecule has 0 fully saturated rings. The lowest BCUT2D eigenvalue weighted by molar-refractivity contribution is -0.115. The molecule has 0 aliphatic heterocycles. The van der Waals surface area contributed by atoms with Gasteiger partial charge in [-0.15, -0.1) is 0 Å². The Bertz CT molecular complexity index is 795. The van der Waals surface area contributed by atoms with Gasteiger partial charge in [0, 0.05) is 23.2 Å². The van der Waals surface area contributed by atoms with Crippen LogP contribution < -0.4 is 5.32 Å². The predicted octanol–water partition coefficient (Wildman–Crippen LogP) is 3.45. The Morgan fingerprint density at radius 1 is 1.24 bits per heavy atom. The predicted molar refractivity (Wildman–Crippen MR) is 82.7 cm³/mol. The second-order valence-electron chi connectivity index (χ2n) is 4.43. The summed E-state index contributed by atoms with van der Waals surface area (Å²) in [6.45, 7) is 0. The van der Waals surface area contributed by atoms with E-state index in [-0.39, 0.29) is 28.6 Å². The lowest BCUT2D eigenvalue weighted by Crippen LogP contribution is -2.15. The van der Waals surface area contributed by atoms with Crippen molar-refractivity contribution in [3.63, 3.8) is 0 Å². The smallest absolute Gasteiger partial charge is 0.230 e. The minimum absolute atomic E-state index is 0.00936. The minimum atomic E-state index is -0.203. The van der Waals surface area contributed by atoms with Gasteiger partial charge in [-0.2, -0.15) is 0 Å². The summed E-state index contributed by atoms with van der Waals surface area (Å²) in [4.78, 5) is 22.8. The Morgan fingerprint density at radius 3 is 2.86 bits per heavy atom. The average molecular weight is 321 g/mol. The van der Waals surface area contributed by atoms with Crippen LogP contribution in [0.5, 0.6) is 0 Å². The third kappa shape index (κ3) is 3.15. The number of halogens is 2. The first-order valence-corrected chi connectivity index (χ1v) is 6.92. The van der Waals surface area contributed by atoms with Gasteiger partial charge in [0.2, 0.25) is 11.2 Å². The van der Waals surface area contributed by atoms with E-state index in [9.17, 15) is 4.79 Å². The Hall–Kier alpha value is -2.11. The highest BCUT2D eigenvalue weighted by atomic mass is 35.5. The monoisotopic (exact) mass is 320 g/mol. The standard InChI is InChI=1S/C14H10Cl2N4O/c15-11-6-12(20-14(16)18-11)19-13(21)5-8-7-17-10-4-2-1-3-9(8)10/h1-4,6-7,17H,5H2,(H,18,19,20,21). The van der Waals surface area contributed by atoms with Crippen molar-refractivity contribution >= 4 is 45.8 Å². The summed E-state index contributed by atoms with van der Waals surface area (Å²) in [6, 6.07) is 9.24. The second-order valence-corrected chi connectivity index (χ2v) is 5.15. The van der Waals surface area contributed by atoms with E-state index < -0.39 is 0 Å². The fraction of sp³-hybridized carbons (Fsp3) is 0.0714. The molecule has 0 saturated carbocycles. The van der Waals surface area contributed by atoms with E-state index in [0.717, 1.165) is 16.5 Å². The van der Waals surface area contributed by atoms with Crippen molar-refractivity contribution in [2.24, 2.45) is 0 Å². The average Bonchev–Trinajstić information content (AvgIpc) is 2.81. The van der Waals surface area contributed by atoms with Crippen molar-refractivity contribution in [3.05, 3.63) is 52.5 Å². The van der Waals surface area contributed by atoms with Gasteiger partial charge in [-0.25, -0.2) is 9.97 Å². The first kappa shape index (κ1) is 13.9. The minimum Gasteiger partial charge on any atom is -0.361 e. The topological polar surface area (TPSA) is 70.7 Å². The van der Waals surface area contributed by atoms with Gasteiger partial charge in [0.25, 0.3) is 0 Å². The molecular formula is C14H10Cl2N4O. The number of anilines is 1. The molecule has 0 unspecified atom stereocenters. The molecule has 0 spiro atoms. The maximum Gasteiger partial charge on any atom is 0.230 e. The molecule has 0 radical (unpaired) electrons. The molecule has 0 aliphatic rings. The summed E-state index contributed by atoms with van der Waals surface area (Å²) in [5.74, 6) is 0.0791. The number of H-pyrrole nitrogens is 1. The Balaban J connectivity index is 1.77. The number of fused-ring (bicyclic) bond motifs is 1. The van der Waals surface area contributed by atoms with Gasteiger partial charge in [-0.3, -0.25) is 4.79 Å². The molecule has 106 valence electrons. The van der Waals surface area contributed by atoms with Crippen molar-refractivity contribution in [2.75, 3.05) is 5.32 Å². The SMILES string of the molecule is O=C(Cc1c[nH]c2ccccc12)Nc1cc(Cl)nc(Cl)n1. The van der Waals surface area contributed by atoms with Crippen molar-refractivity contribution in [1.82, 2.24) is 15.0 Å². The number of carbonyl (C=O) groups is 1. The normalized spacial score (nSPS) is 10.8. The fourth-order valence-corrected chi connectivity index (χ4v) is 2.50. The summed E-state index contributed by atoms with van der Waals surface area (Å²) in [5, 5.41) is 3.84. The summed E-state index contributed by atoms with van der Waals surface area (Å²) in [6.07, 6.45) is 2.05. The van der Waals surface area contributed by atoms with E-state index in [1.807, 2.05) is 30.5 Å². The third-order valence-electron chi connectivity index (χ3n) is 2.96. The summed E-state index contributed by atoms with van der Waals surface area (Å²) in [7, 11) is 0. The van der Waals surface area contributed by atoms with Crippen molar-refractivity contribution in [1.29, 1.82) is 0 Å². The molecular weight excluding hydrogens is 311 g/mol. The van der Waals surface area contributed by atoms with E-state index in [1.165, 1.54) is 6.07 Å². The molecule has 1 amide bonds. The number of carbonyl (C=O) groups excluding carboxylic acids is 1. The first-order chi connectivity index (χ1) is 10.1. The third-order valence-corrected chi connectivity index (χ3v) is 3.32. The van der Waals surface area contributed by atoms with E-state index in [4.69, 9.17) is 23.2 Å². The number of hydrogen-bond donors (Lipinski definition) is 2. The van der Waals surface area contributed by atoms with Crippen LogP contribution in [0, 0.1) is 0 Å². The van der Waals surface area contributed by atoms with Crippen LogP contribution in [0.3, 0.4) is 0 Å². The number of rotatable bonds is 3. The van der Waals surface area contributed by atoms with Crippen LogP contribution in [0.25, 0.3) is 10.9 Å². The van der Waals surface area contributed by atoms with Gasteiger partial charge in [0.1, 0.15) is 11.0 Å². The maximum atomic E-state index is 12.1. The number of nitrogens with one attached hydrogen (secondary N) is 2. The van der Waals surface area contributed by atoms with Crippen LogP contribution in [-0.2, 0) is 11.2 Å². The quantitative estimate of drug-likeness (QED) is 0.573. The molecule has 5 nitrogen and oxygen atoms in total. The molecule has 2 N–H and O–H groups in total. The number of nitrogens with zero attached hydrogens (tertiary/aromatic N) is 2. The molecule has 3 aromatic rings. The van der Waals surface area contributed by atoms with Crippen molar-refractivity contribution < 1.29 is 4.79 Å². The number of benzene rings is 1. The lowest BCUT2D eigenvalue weighted by atomic mass is 10.1. The molecule has 7 heteroatoms. The highest BCUT2D eigenvalue weighted by molar-refractivity contribution is 6.32. The van der Waals surface area contributed by atoms with E-state index in [2.05, 4.69) is 20.3 Å². The first-order valence-electron chi connectivity index (χ1n) is 6.17.